The number of anilines is 1. The number of fused-ring (bicyclic) bond motifs is 1. The Kier molecular flexibility index (Phi) is 8.41. The molecule has 1 aliphatic carbocycles. The predicted octanol–water partition coefficient (Wildman–Crippen LogP) is 6.62. The molecule has 0 bridgehead atoms. The van der Waals surface area contributed by atoms with Gasteiger partial charge in [0, 0.05) is 38.9 Å². The van der Waals surface area contributed by atoms with Crippen LogP contribution in [0.2, 0.25) is 0 Å². The summed E-state index contributed by atoms with van der Waals surface area (Å²) in [5.41, 5.74) is 7.32. The SMILES string of the molecule is COC(OC)C1CCN(c2ccc(C3=C(C(C)(C)O)CCc4cc(OCc5ccccc5)ccc43)cc2)CC1. The van der Waals surface area contributed by atoms with Gasteiger partial charge >= 0.3 is 0 Å². The molecule has 1 fully saturated rings. The zero-order chi connectivity index (χ0) is 27.4. The minimum absolute atomic E-state index is 0.127. The molecule has 0 atom stereocenters. The highest BCUT2D eigenvalue weighted by Crippen LogP contribution is 2.42. The first-order valence-corrected chi connectivity index (χ1v) is 14.0. The summed E-state index contributed by atoms with van der Waals surface area (Å²) in [6.07, 6.45) is 3.67. The number of aliphatic hydroxyl groups is 1. The normalized spacial score (nSPS) is 16.5. The molecule has 1 saturated heterocycles. The monoisotopic (exact) mass is 527 g/mol. The highest BCUT2D eigenvalue weighted by Gasteiger charge is 2.30. The van der Waals surface area contributed by atoms with Crippen LogP contribution in [0.1, 0.15) is 55.4 Å². The van der Waals surface area contributed by atoms with Crippen molar-refractivity contribution in [1.29, 1.82) is 0 Å². The van der Waals surface area contributed by atoms with Gasteiger partial charge < -0.3 is 24.2 Å². The molecule has 0 aromatic heterocycles. The third-order valence-corrected chi connectivity index (χ3v) is 8.19. The second kappa shape index (κ2) is 12.0. The molecule has 1 heterocycles. The number of ether oxygens (including phenoxy) is 3. The van der Waals surface area contributed by atoms with E-state index in [0.29, 0.717) is 12.5 Å². The maximum absolute atomic E-state index is 11.1. The number of nitrogens with zero attached hydrogens (tertiary/aromatic N) is 1. The summed E-state index contributed by atoms with van der Waals surface area (Å²) in [7, 11) is 3.44. The van der Waals surface area contributed by atoms with Crippen LogP contribution in [0.15, 0.2) is 78.4 Å². The van der Waals surface area contributed by atoms with Crippen molar-refractivity contribution in [3.63, 3.8) is 0 Å². The molecule has 0 spiro atoms. The topological polar surface area (TPSA) is 51.2 Å². The van der Waals surface area contributed by atoms with Crippen molar-refractivity contribution in [2.45, 2.75) is 58.0 Å². The number of rotatable bonds is 9. The lowest BCUT2D eigenvalue weighted by Crippen LogP contribution is -2.39. The molecule has 1 N–H and O–H groups in total. The molecule has 3 aromatic rings. The first-order valence-electron chi connectivity index (χ1n) is 14.0. The molecule has 5 heteroatoms. The van der Waals surface area contributed by atoms with Crippen LogP contribution in [0.25, 0.3) is 5.57 Å². The van der Waals surface area contributed by atoms with Crippen LogP contribution in [-0.4, -0.2) is 44.3 Å². The zero-order valence-electron chi connectivity index (χ0n) is 23.7. The Morgan fingerprint density at radius 3 is 2.23 bits per heavy atom. The number of hydrogen-bond donors (Lipinski definition) is 1. The van der Waals surface area contributed by atoms with E-state index in [1.54, 1.807) is 14.2 Å². The average Bonchev–Trinajstić information content (AvgIpc) is 2.96. The molecule has 0 amide bonds. The molecule has 1 aliphatic heterocycles. The lowest BCUT2D eigenvalue weighted by atomic mass is 9.77. The number of aryl methyl sites for hydroxylation is 1. The van der Waals surface area contributed by atoms with Crippen LogP contribution in [0.4, 0.5) is 5.69 Å². The summed E-state index contributed by atoms with van der Waals surface area (Å²) in [6, 6.07) is 25.5. The van der Waals surface area contributed by atoms with Gasteiger partial charge in [-0.2, -0.15) is 0 Å². The number of methoxy groups -OCH3 is 2. The van der Waals surface area contributed by atoms with E-state index < -0.39 is 5.60 Å². The third kappa shape index (κ3) is 6.22. The van der Waals surface area contributed by atoms with Gasteiger partial charge in [-0.25, -0.2) is 0 Å². The van der Waals surface area contributed by atoms with Crippen molar-refractivity contribution >= 4 is 11.3 Å². The maximum Gasteiger partial charge on any atom is 0.159 e. The van der Waals surface area contributed by atoms with Crippen molar-refractivity contribution in [3.8, 4) is 5.75 Å². The number of benzene rings is 3. The zero-order valence-corrected chi connectivity index (χ0v) is 23.7. The van der Waals surface area contributed by atoms with E-state index >= 15 is 0 Å². The molecule has 2 aliphatic rings. The number of hydrogen-bond acceptors (Lipinski definition) is 5. The van der Waals surface area contributed by atoms with E-state index in [-0.39, 0.29) is 6.29 Å². The van der Waals surface area contributed by atoms with Gasteiger partial charge in [0.25, 0.3) is 0 Å². The maximum atomic E-state index is 11.1. The van der Waals surface area contributed by atoms with Crippen molar-refractivity contribution in [2.24, 2.45) is 5.92 Å². The molecule has 0 radical (unpaired) electrons. The highest BCUT2D eigenvalue weighted by atomic mass is 16.7. The van der Waals surface area contributed by atoms with Gasteiger partial charge in [0.2, 0.25) is 0 Å². The average molecular weight is 528 g/mol. The van der Waals surface area contributed by atoms with E-state index in [0.717, 1.165) is 66.8 Å². The fourth-order valence-corrected chi connectivity index (χ4v) is 6.09. The smallest absolute Gasteiger partial charge is 0.159 e. The van der Waals surface area contributed by atoms with Gasteiger partial charge in [0.05, 0.1) is 5.60 Å². The molecular formula is C34H41NO4. The first kappa shape index (κ1) is 27.4. The lowest BCUT2D eigenvalue weighted by molar-refractivity contribution is -0.141. The Bertz CT molecular complexity index is 1260. The molecule has 39 heavy (non-hydrogen) atoms. The van der Waals surface area contributed by atoms with E-state index in [4.69, 9.17) is 14.2 Å². The van der Waals surface area contributed by atoms with Crippen LogP contribution in [0.5, 0.6) is 5.75 Å². The Hall–Kier alpha value is -3.12. The minimum Gasteiger partial charge on any atom is -0.489 e. The van der Waals surface area contributed by atoms with Crippen LogP contribution in [0, 0.1) is 5.92 Å². The third-order valence-electron chi connectivity index (χ3n) is 8.19. The van der Waals surface area contributed by atoms with Crippen LogP contribution >= 0.6 is 0 Å². The summed E-state index contributed by atoms with van der Waals surface area (Å²) in [6.45, 7) is 6.32. The quantitative estimate of drug-likeness (QED) is 0.317. The Morgan fingerprint density at radius 1 is 0.897 bits per heavy atom. The highest BCUT2D eigenvalue weighted by molar-refractivity contribution is 5.86. The molecule has 5 rings (SSSR count). The summed E-state index contributed by atoms with van der Waals surface area (Å²) in [5.74, 6) is 1.31. The van der Waals surface area contributed by atoms with Crippen molar-refractivity contribution in [3.05, 3.63) is 101 Å². The van der Waals surface area contributed by atoms with Gasteiger partial charge in [0.15, 0.2) is 6.29 Å². The molecule has 206 valence electrons. The Balaban J connectivity index is 1.37. The molecule has 0 saturated carbocycles. The fourth-order valence-electron chi connectivity index (χ4n) is 6.09. The van der Waals surface area contributed by atoms with E-state index in [1.807, 2.05) is 32.0 Å². The molecule has 3 aromatic carbocycles. The van der Waals surface area contributed by atoms with Crippen molar-refractivity contribution < 1.29 is 19.3 Å². The van der Waals surface area contributed by atoms with Gasteiger partial charge in [0.1, 0.15) is 12.4 Å². The second-order valence-electron chi connectivity index (χ2n) is 11.2. The summed E-state index contributed by atoms with van der Waals surface area (Å²) in [4.78, 5) is 2.44. The molecular weight excluding hydrogens is 486 g/mol. The largest absolute Gasteiger partial charge is 0.489 e. The standard InChI is InChI=1S/C34H41NO4/c1-34(2,36)31-17-12-27-22-29(39-23-24-8-6-5-7-9-24)15-16-30(27)32(31)25-10-13-28(14-11-25)35-20-18-26(19-21-35)33(37-3)38-4/h5-11,13-16,22,26,33,36H,12,17-21,23H2,1-4H3. The summed E-state index contributed by atoms with van der Waals surface area (Å²) < 4.78 is 17.1. The van der Waals surface area contributed by atoms with Crippen molar-refractivity contribution in [1.82, 2.24) is 0 Å². The first-order chi connectivity index (χ1) is 18.9. The van der Waals surface area contributed by atoms with Crippen LogP contribution in [-0.2, 0) is 22.5 Å². The number of piperidine rings is 1. The van der Waals surface area contributed by atoms with Gasteiger partial charge in [-0.1, -0.05) is 48.5 Å². The van der Waals surface area contributed by atoms with E-state index in [9.17, 15) is 5.11 Å². The Morgan fingerprint density at radius 2 is 1.59 bits per heavy atom. The van der Waals surface area contributed by atoms with Crippen LogP contribution in [0.3, 0.4) is 0 Å². The second-order valence-corrected chi connectivity index (χ2v) is 11.2. The predicted molar refractivity (Wildman–Crippen MR) is 157 cm³/mol. The fraction of sp³-hybridized carbons (Fsp3) is 0.412. The van der Waals surface area contributed by atoms with Gasteiger partial charge in [-0.05, 0) is 97.2 Å². The van der Waals surface area contributed by atoms with Gasteiger partial charge in [-0.3, -0.25) is 0 Å². The summed E-state index contributed by atoms with van der Waals surface area (Å²) in [5, 5.41) is 11.1. The summed E-state index contributed by atoms with van der Waals surface area (Å²) >= 11 is 0. The van der Waals surface area contributed by atoms with Gasteiger partial charge in [-0.15, -0.1) is 0 Å². The van der Waals surface area contributed by atoms with E-state index in [1.165, 1.54) is 16.8 Å². The Labute approximate surface area is 233 Å². The molecule has 0 unspecified atom stereocenters. The van der Waals surface area contributed by atoms with Crippen molar-refractivity contribution in [2.75, 3.05) is 32.2 Å². The van der Waals surface area contributed by atoms with Crippen LogP contribution < -0.4 is 9.64 Å². The van der Waals surface area contributed by atoms with E-state index in [2.05, 4.69) is 59.5 Å². The molecule has 5 nitrogen and oxygen atoms in total. The lowest BCUT2D eigenvalue weighted by Gasteiger charge is -2.36. The minimum atomic E-state index is -0.894.